The lowest BCUT2D eigenvalue weighted by molar-refractivity contribution is -0.143. The van der Waals surface area contributed by atoms with Gasteiger partial charge in [0.15, 0.2) is 11.5 Å². The molecule has 2 heterocycles. The van der Waals surface area contributed by atoms with E-state index in [1.807, 2.05) is 12.2 Å². The van der Waals surface area contributed by atoms with Crippen molar-refractivity contribution < 1.29 is 33.4 Å². The Labute approximate surface area is 178 Å². The number of carbonyl (C=O) groups excluding carboxylic acids is 4. The summed E-state index contributed by atoms with van der Waals surface area (Å²) in [4.78, 5) is 51.3. The molecule has 0 aromatic heterocycles. The smallest absolute Gasteiger partial charge is 0.310 e. The number of rotatable bonds is 5. The molecule has 4 unspecified atom stereocenters. The molecule has 2 bridgehead atoms. The van der Waals surface area contributed by atoms with E-state index in [-0.39, 0.29) is 48.5 Å². The molecule has 162 valence electrons. The zero-order valence-electron chi connectivity index (χ0n) is 17.0. The van der Waals surface area contributed by atoms with Gasteiger partial charge >= 0.3 is 5.97 Å². The molecule has 1 aromatic carbocycles. The van der Waals surface area contributed by atoms with E-state index in [0.717, 1.165) is 11.3 Å². The summed E-state index contributed by atoms with van der Waals surface area (Å²) >= 11 is 0. The number of carbonyl (C=O) groups is 4. The maximum Gasteiger partial charge on any atom is 0.310 e. The Bertz CT molecular complexity index is 987. The van der Waals surface area contributed by atoms with Gasteiger partial charge in [-0.05, 0) is 29.9 Å². The minimum Gasteiger partial charge on any atom is -0.486 e. The molecule has 0 spiro atoms. The van der Waals surface area contributed by atoms with E-state index < -0.39 is 11.9 Å². The molecule has 2 fully saturated rings. The average Bonchev–Trinajstić information content (AvgIpc) is 3.44. The first-order valence-corrected chi connectivity index (χ1v) is 10.3. The van der Waals surface area contributed by atoms with Crippen LogP contribution in [0.5, 0.6) is 11.5 Å². The van der Waals surface area contributed by atoms with Crippen LogP contribution in [0.4, 0.5) is 5.69 Å². The van der Waals surface area contributed by atoms with Gasteiger partial charge in [-0.1, -0.05) is 12.2 Å². The van der Waals surface area contributed by atoms with Crippen LogP contribution in [0.15, 0.2) is 24.3 Å². The molecule has 2 aliphatic carbocycles. The fourth-order valence-corrected chi connectivity index (χ4v) is 5.07. The van der Waals surface area contributed by atoms with Crippen LogP contribution in [-0.2, 0) is 30.3 Å². The van der Waals surface area contributed by atoms with Crippen molar-refractivity contribution in [2.45, 2.75) is 12.8 Å². The molecule has 0 radical (unpaired) electrons. The largest absolute Gasteiger partial charge is 0.486 e. The summed E-state index contributed by atoms with van der Waals surface area (Å²) in [6, 6.07) is 3.21. The van der Waals surface area contributed by atoms with E-state index in [2.05, 4.69) is 5.32 Å². The average molecular weight is 426 g/mol. The Morgan fingerprint density at radius 2 is 1.68 bits per heavy atom. The number of hydrogen-bond acceptors (Lipinski definition) is 7. The number of amides is 3. The number of hydrogen-bond donors (Lipinski definition) is 1. The zero-order chi connectivity index (χ0) is 21.7. The van der Waals surface area contributed by atoms with Crippen LogP contribution in [0.25, 0.3) is 0 Å². The van der Waals surface area contributed by atoms with Crippen molar-refractivity contribution in [3.63, 3.8) is 0 Å². The number of benzene rings is 1. The van der Waals surface area contributed by atoms with E-state index in [1.54, 1.807) is 12.1 Å². The summed E-state index contributed by atoms with van der Waals surface area (Å²) in [5, 5.41) is 2.72. The van der Waals surface area contributed by atoms with Crippen molar-refractivity contribution in [3.05, 3.63) is 29.8 Å². The predicted molar refractivity (Wildman–Crippen MR) is 106 cm³/mol. The van der Waals surface area contributed by atoms with Crippen molar-refractivity contribution in [2.75, 3.05) is 32.2 Å². The van der Waals surface area contributed by atoms with Crippen LogP contribution in [0.3, 0.4) is 0 Å². The van der Waals surface area contributed by atoms with E-state index in [1.165, 1.54) is 7.11 Å². The van der Waals surface area contributed by atoms with Crippen LogP contribution in [-0.4, -0.2) is 55.5 Å². The summed E-state index contributed by atoms with van der Waals surface area (Å²) < 4.78 is 15.8. The number of fused-ring (bicyclic) bond motifs is 6. The van der Waals surface area contributed by atoms with E-state index in [9.17, 15) is 19.2 Å². The highest BCUT2D eigenvalue weighted by Gasteiger charge is 2.59. The van der Waals surface area contributed by atoms with Crippen LogP contribution < -0.4 is 14.8 Å². The van der Waals surface area contributed by atoms with Crippen molar-refractivity contribution in [1.82, 2.24) is 4.90 Å². The number of methoxy groups -OCH3 is 1. The summed E-state index contributed by atoms with van der Waals surface area (Å²) in [5.74, 6) is -1.16. The van der Waals surface area contributed by atoms with Gasteiger partial charge in [-0.3, -0.25) is 24.1 Å². The van der Waals surface area contributed by atoms with Crippen molar-refractivity contribution in [2.24, 2.45) is 23.7 Å². The first kappa shape index (κ1) is 19.6. The molecule has 1 saturated heterocycles. The maximum atomic E-state index is 12.8. The normalized spacial score (nSPS) is 27.5. The third kappa shape index (κ3) is 3.24. The van der Waals surface area contributed by atoms with Crippen LogP contribution >= 0.6 is 0 Å². The molecular formula is C22H22N2O7. The van der Waals surface area contributed by atoms with Gasteiger partial charge in [-0.2, -0.15) is 0 Å². The Morgan fingerprint density at radius 1 is 1.06 bits per heavy atom. The van der Waals surface area contributed by atoms with Crippen molar-refractivity contribution >= 4 is 29.4 Å². The SMILES string of the molecule is COC(=O)Cc1cc2c(cc1NC(=O)CN1C(=O)C3C4C=CC(C4)C3C1=O)OCCO2. The van der Waals surface area contributed by atoms with Gasteiger partial charge in [0, 0.05) is 11.8 Å². The number of nitrogens with zero attached hydrogens (tertiary/aromatic N) is 1. The number of ether oxygens (including phenoxy) is 3. The number of allylic oxidation sites excluding steroid dienone is 2. The number of esters is 1. The molecule has 2 aliphatic heterocycles. The van der Waals surface area contributed by atoms with Gasteiger partial charge in [0.2, 0.25) is 17.7 Å². The minimum absolute atomic E-state index is 0.0799. The molecule has 5 rings (SSSR count). The molecule has 4 atom stereocenters. The van der Waals surface area contributed by atoms with Gasteiger partial charge in [0.25, 0.3) is 0 Å². The van der Waals surface area contributed by atoms with Gasteiger partial charge in [-0.25, -0.2) is 0 Å². The van der Waals surface area contributed by atoms with Gasteiger partial charge in [0.1, 0.15) is 19.8 Å². The van der Waals surface area contributed by atoms with Gasteiger partial charge < -0.3 is 19.5 Å². The molecule has 9 nitrogen and oxygen atoms in total. The standard InChI is InChI=1S/C22H22N2O7/c1-29-18(26)8-13-7-15-16(31-5-4-30-15)9-14(13)23-17(25)10-24-21(27)19-11-2-3-12(6-11)20(19)22(24)28/h2-3,7,9,11-12,19-20H,4-6,8,10H2,1H3,(H,23,25). The fourth-order valence-electron chi connectivity index (χ4n) is 5.07. The monoisotopic (exact) mass is 426 g/mol. The van der Waals surface area contributed by atoms with Gasteiger partial charge in [0.05, 0.1) is 25.4 Å². The number of anilines is 1. The van der Waals surface area contributed by atoms with Crippen LogP contribution in [0.2, 0.25) is 0 Å². The Hall–Kier alpha value is -3.36. The Kier molecular flexibility index (Phi) is 4.68. The molecule has 4 aliphatic rings. The van der Waals surface area contributed by atoms with Gasteiger partial charge in [-0.15, -0.1) is 0 Å². The lowest BCUT2D eigenvalue weighted by Gasteiger charge is -2.22. The number of nitrogens with one attached hydrogen (secondary N) is 1. The molecule has 1 saturated carbocycles. The van der Waals surface area contributed by atoms with Crippen LogP contribution in [0.1, 0.15) is 12.0 Å². The molecular weight excluding hydrogens is 404 g/mol. The summed E-state index contributed by atoms with van der Waals surface area (Å²) in [6.07, 6.45) is 4.77. The summed E-state index contributed by atoms with van der Waals surface area (Å²) in [7, 11) is 1.28. The number of imide groups is 1. The summed E-state index contributed by atoms with van der Waals surface area (Å²) in [6.45, 7) is 0.387. The predicted octanol–water partition coefficient (Wildman–Crippen LogP) is 0.919. The molecule has 1 N–H and O–H groups in total. The minimum atomic E-state index is -0.523. The van der Waals surface area contributed by atoms with Crippen LogP contribution in [0, 0.1) is 23.7 Å². The fraction of sp³-hybridized carbons (Fsp3) is 0.455. The molecule has 3 amide bonds. The highest BCUT2D eigenvalue weighted by molar-refractivity contribution is 6.09. The lowest BCUT2D eigenvalue weighted by atomic mass is 9.85. The first-order valence-electron chi connectivity index (χ1n) is 10.3. The second-order valence-corrected chi connectivity index (χ2v) is 8.22. The second-order valence-electron chi connectivity index (χ2n) is 8.22. The van der Waals surface area contributed by atoms with E-state index in [0.29, 0.717) is 36.0 Å². The quantitative estimate of drug-likeness (QED) is 0.423. The highest BCUT2D eigenvalue weighted by Crippen LogP contribution is 2.52. The Morgan fingerprint density at radius 3 is 2.29 bits per heavy atom. The number of likely N-dealkylation sites (tertiary alicyclic amines) is 1. The molecule has 31 heavy (non-hydrogen) atoms. The maximum absolute atomic E-state index is 12.8. The third-order valence-electron chi connectivity index (χ3n) is 6.47. The van der Waals surface area contributed by atoms with Crippen molar-refractivity contribution in [3.8, 4) is 11.5 Å². The lowest BCUT2D eigenvalue weighted by Crippen LogP contribution is -2.39. The second kappa shape index (κ2) is 7.40. The third-order valence-corrected chi connectivity index (χ3v) is 6.47. The first-order chi connectivity index (χ1) is 15.0. The summed E-state index contributed by atoms with van der Waals surface area (Å²) in [5.41, 5.74) is 0.836. The molecule has 1 aromatic rings. The van der Waals surface area contributed by atoms with E-state index >= 15 is 0 Å². The topological polar surface area (TPSA) is 111 Å². The van der Waals surface area contributed by atoms with E-state index in [4.69, 9.17) is 14.2 Å². The molecule has 9 heteroatoms. The zero-order valence-corrected chi connectivity index (χ0v) is 17.0. The highest BCUT2D eigenvalue weighted by atomic mass is 16.6. The Balaban J connectivity index is 1.34. The van der Waals surface area contributed by atoms with Crippen molar-refractivity contribution in [1.29, 1.82) is 0 Å².